The van der Waals surface area contributed by atoms with Crippen molar-refractivity contribution in [3.05, 3.63) is 0 Å². The smallest absolute Gasteiger partial charge is 0.152 e. The van der Waals surface area contributed by atoms with Crippen LogP contribution in [0.25, 0.3) is 0 Å². The topological polar surface area (TPSA) is 46.2 Å². The average molecular weight is 205 g/mol. The van der Waals surface area contributed by atoms with Gasteiger partial charge in [-0.3, -0.25) is 0 Å². The lowest BCUT2D eigenvalue weighted by Crippen LogP contribution is -2.35. The molecule has 0 aromatic rings. The third kappa shape index (κ3) is 3.27. The van der Waals surface area contributed by atoms with Crippen molar-refractivity contribution in [3.63, 3.8) is 0 Å². The maximum atomic E-state index is 11.6. The van der Waals surface area contributed by atoms with E-state index in [1.165, 1.54) is 0 Å². The molecule has 0 spiro atoms. The van der Waals surface area contributed by atoms with E-state index < -0.39 is 9.84 Å². The predicted molar refractivity (Wildman–Crippen MR) is 54.5 cm³/mol. The van der Waals surface area contributed by atoms with Gasteiger partial charge >= 0.3 is 0 Å². The second-order valence-electron chi connectivity index (χ2n) is 4.09. The number of hydrogen-bond acceptors (Lipinski definition) is 3. The largest absolute Gasteiger partial charge is 0.316 e. The third-order valence-corrected chi connectivity index (χ3v) is 4.96. The second kappa shape index (κ2) is 4.42. The Labute approximate surface area is 80.8 Å². The molecule has 1 aliphatic heterocycles. The van der Waals surface area contributed by atoms with Gasteiger partial charge in [-0.25, -0.2) is 8.42 Å². The Morgan fingerprint density at radius 3 is 2.62 bits per heavy atom. The molecule has 1 rings (SSSR count). The van der Waals surface area contributed by atoms with Gasteiger partial charge in [0.15, 0.2) is 9.84 Å². The van der Waals surface area contributed by atoms with E-state index >= 15 is 0 Å². The molecule has 1 aliphatic rings. The fraction of sp³-hybridized carbons (Fsp3) is 1.00. The second-order valence-corrected chi connectivity index (χ2v) is 6.69. The Bertz CT molecular complexity index is 240. The normalized spacial score (nSPS) is 25.0. The van der Waals surface area contributed by atoms with Crippen LogP contribution in [0.2, 0.25) is 0 Å². The maximum Gasteiger partial charge on any atom is 0.152 e. The zero-order valence-electron chi connectivity index (χ0n) is 8.41. The highest BCUT2D eigenvalue weighted by Crippen LogP contribution is 2.14. The van der Waals surface area contributed by atoms with Crippen LogP contribution in [0, 0.1) is 5.92 Å². The van der Waals surface area contributed by atoms with Crippen LogP contribution in [-0.2, 0) is 9.84 Å². The lowest BCUT2D eigenvalue weighted by molar-refractivity contribution is 0.403. The summed E-state index contributed by atoms with van der Waals surface area (Å²) in [6.45, 7) is 5.42. The van der Waals surface area contributed by atoms with Gasteiger partial charge in [0, 0.05) is 0 Å². The van der Waals surface area contributed by atoms with Crippen LogP contribution >= 0.6 is 0 Å². The minimum absolute atomic E-state index is 0.227. The number of nitrogens with one attached hydrogen (secondary N) is 1. The quantitative estimate of drug-likeness (QED) is 0.741. The Hall–Kier alpha value is -0.0900. The highest BCUT2D eigenvalue weighted by atomic mass is 32.2. The summed E-state index contributed by atoms with van der Waals surface area (Å²) in [6, 6.07) is 0. The minimum Gasteiger partial charge on any atom is -0.316 e. The molecule has 0 saturated carbocycles. The fourth-order valence-corrected chi connectivity index (χ4v) is 2.91. The van der Waals surface area contributed by atoms with Crippen molar-refractivity contribution in [2.24, 2.45) is 5.92 Å². The van der Waals surface area contributed by atoms with Crippen LogP contribution in [-0.4, -0.2) is 32.5 Å². The van der Waals surface area contributed by atoms with Crippen molar-refractivity contribution in [2.45, 2.75) is 31.9 Å². The number of rotatable bonds is 3. The van der Waals surface area contributed by atoms with E-state index in [0.29, 0.717) is 11.7 Å². The van der Waals surface area contributed by atoms with Gasteiger partial charge in [0.1, 0.15) is 0 Å². The van der Waals surface area contributed by atoms with Crippen LogP contribution in [0.1, 0.15) is 26.7 Å². The first-order valence-electron chi connectivity index (χ1n) is 4.94. The first kappa shape index (κ1) is 11.0. The molecule has 0 aromatic carbocycles. The van der Waals surface area contributed by atoms with E-state index in [4.69, 9.17) is 0 Å². The van der Waals surface area contributed by atoms with E-state index in [0.717, 1.165) is 25.9 Å². The molecular formula is C9H19NO2S. The van der Waals surface area contributed by atoms with Crippen LogP contribution in [0.15, 0.2) is 0 Å². The molecule has 3 nitrogen and oxygen atoms in total. The van der Waals surface area contributed by atoms with Crippen molar-refractivity contribution in [1.82, 2.24) is 5.32 Å². The van der Waals surface area contributed by atoms with E-state index in [9.17, 15) is 8.42 Å². The summed E-state index contributed by atoms with van der Waals surface area (Å²) in [7, 11) is -2.84. The Balaban J connectivity index is 2.47. The standard InChI is InChI=1S/C9H19NO2S/c1-8(2)13(11,12)7-9-4-3-5-10-6-9/h8-10H,3-7H2,1-2H3/t9-/m0/s1. The van der Waals surface area contributed by atoms with Crippen LogP contribution in [0.4, 0.5) is 0 Å². The lowest BCUT2D eigenvalue weighted by atomic mass is 10.0. The Kier molecular flexibility index (Phi) is 3.74. The van der Waals surface area contributed by atoms with Gasteiger partial charge in [-0.1, -0.05) is 0 Å². The summed E-state index contributed by atoms with van der Waals surface area (Å²) in [6.07, 6.45) is 2.16. The predicted octanol–water partition coefficient (Wildman–Crippen LogP) is 0.809. The molecule has 0 bridgehead atoms. The number of hydrogen-bond donors (Lipinski definition) is 1. The molecule has 1 saturated heterocycles. The molecule has 0 unspecified atom stereocenters. The molecule has 1 heterocycles. The van der Waals surface area contributed by atoms with E-state index in [1.54, 1.807) is 13.8 Å². The Morgan fingerprint density at radius 2 is 2.15 bits per heavy atom. The van der Waals surface area contributed by atoms with E-state index in [1.807, 2.05) is 0 Å². The Morgan fingerprint density at radius 1 is 1.46 bits per heavy atom. The van der Waals surface area contributed by atoms with Gasteiger partial charge in [0.2, 0.25) is 0 Å². The molecule has 1 atom stereocenters. The SMILES string of the molecule is CC(C)S(=O)(=O)C[C@H]1CCCNC1. The number of piperidine rings is 1. The van der Waals surface area contributed by atoms with Crippen molar-refractivity contribution < 1.29 is 8.42 Å². The van der Waals surface area contributed by atoms with Crippen molar-refractivity contribution in [1.29, 1.82) is 0 Å². The zero-order chi connectivity index (χ0) is 9.90. The van der Waals surface area contributed by atoms with E-state index in [2.05, 4.69) is 5.32 Å². The fourth-order valence-electron chi connectivity index (χ4n) is 1.59. The van der Waals surface area contributed by atoms with Crippen LogP contribution in [0.5, 0.6) is 0 Å². The van der Waals surface area contributed by atoms with Crippen molar-refractivity contribution >= 4 is 9.84 Å². The first-order valence-corrected chi connectivity index (χ1v) is 6.66. The minimum atomic E-state index is -2.84. The summed E-state index contributed by atoms with van der Waals surface area (Å²) >= 11 is 0. The first-order chi connectivity index (χ1) is 6.02. The molecule has 1 N–H and O–H groups in total. The molecule has 13 heavy (non-hydrogen) atoms. The third-order valence-electron chi connectivity index (χ3n) is 2.59. The maximum absolute atomic E-state index is 11.6. The summed E-state index contributed by atoms with van der Waals surface area (Å²) in [5.41, 5.74) is 0. The monoisotopic (exact) mass is 205 g/mol. The van der Waals surface area contributed by atoms with Crippen LogP contribution in [0.3, 0.4) is 0 Å². The highest BCUT2D eigenvalue weighted by Gasteiger charge is 2.23. The van der Waals surface area contributed by atoms with Gasteiger partial charge in [0.25, 0.3) is 0 Å². The van der Waals surface area contributed by atoms with Gasteiger partial charge in [-0.05, 0) is 45.7 Å². The van der Waals surface area contributed by atoms with Gasteiger partial charge in [-0.2, -0.15) is 0 Å². The highest BCUT2D eigenvalue weighted by molar-refractivity contribution is 7.91. The molecule has 0 amide bonds. The molecule has 0 aromatic heterocycles. The molecule has 0 aliphatic carbocycles. The molecular weight excluding hydrogens is 186 g/mol. The number of sulfone groups is 1. The van der Waals surface area contributed by atoms with Crippen molar-refractivity contribution in [2.75, 3.05) is 18.8 Å². The van der Waals surface area contributed by atoms with Gasteiger partial charge in [0.05, 0.1) is 11.0 Å². The molecule has 4 heteroatoms. The summed E-state index contributed by atoms with van der Waals surface area (Å²) in [4.78, 5) is 0. The molecule has 1 fully saturated rings. The summed E-state index contributed by atoms with van der Waals surface area (Å²) in [5.74, 6) is 0.693. The zero-order valence-corrected chi connectivity index (χ0v) is 9.23. The van der Waals surface area contributed by atoms with Crippen molar-refractivity contribution in [3.8, 4) is 0 Å². The van der Waals surface area contributed by atoms with Gasteiger partial charge < -0.3 is 5.32 Å². The molecule has 78 valence electrons. The van der Waals surface area contributed by atoms with Gasteiger partial charge in [-0.15, -0.1) is 0 Å². The average Bonchev–Trinajstić information content (AvgIpc) is 2.05. The van der Waals surface area contributed by atoms with Crippen LogP contribution < -0.4 is 5.32 Å². The van der Waals surface area contributed by atoms with E-state index in [-0.39, 0.29) is 5.25 Å². The summed E-state index contributed by atoms with van der Waals surface area (Å²) in [5, 5.41) is 3.00. The molecule has 0 radical (unpaired) electrons. The summed E-state index contributed by atoms with van der Waals surface area (Å²) < 4.78 is 23.1. The lowest BCUT2D eigenvalue weighted by Gasteiger charge is -2.23.